The van der Waals surface area contributed by atoms with Gasteiger partial charge in [-0.1, -0.05) is 35.9 Å². The zero-order valence-corrected chi connectivity index (χ0v) is 22.9. The third-order valence-electron chi connectivity index (χ3n) is 7.23. The minimum Gasteiger partial charge on any atom is -0.507 e. The molecule has 5 rings (SSSR count). The zero-order valence-electron chi connectivity index (χ0n) is 22.2. The van der Waals surface area contributed by atoms with Gasteiger partial charge in [0, 0.05) is 46.4 Å². The third-order valence-corrected chi connectivity index (χ3v) is 7.48. The van der Waals surface area contributed by atoms with Gasteiger partial charge in [0.25, 0.3) is 11.8 Å². The number of likely N-dealkylation sites (tertiary alicyclic amines) is 1. The molecule has 1 aromatic heterocycles. The van der Waals surface area contributed by atoms with Crippen LogP contribution in [0, 0.1) is 11.3 Å². The Morgan fingerprint density at radius 3 is 2.54 bits per heavy atom. The maximum Gasteiger partial charge on any atom is 0.256 e. The van der Waals surface area contributed by atoms with E-state index in [1.54, 1.807) is 72.8 Å². The minimum atomic E-state index is -0.479. The van der Waals surface area contributed by atoms with Gasteiger partial charge in [0.2, 0.25) is 0 Å². The maximum absolute atomic E-state index is 13.5. The van der Waals surface area contributed by atoms with Gasteiger partial charge < -0.3 is 21.1 Å². The highest BCUT2D eigenvalue weighted by Crippen LogP contribution is 2.36. The lowest BCUT2D eigenvalue weighted by molar-refractivity contribution is 0.0623. The molecule has 1 fully saturated rings. The van der Waals surface area contributed by atoms with Crippen LogP contribution < -0.4 is 11.1 Å². The summed E-state index contributed by atoms with van der Waals surface area (Å²) in [7, 11) is 0. The van der Waals surface area contributed by atoms with Crippen LogP contribution in [-0.4, -0.2) is 45.9 Å². The molecule has 1 atom stereocenters. The van der Waals surface area contributed by atoms with Crippen LogP contribution >= 0.6 is 11.6 Å². The SMILES string of the molecule is N#Cc1c(-c2cccc(C(=O)N3CCCCC3CN)c2)cc(-c2ccccc2O)nc1NC(=O)c1ccc(Cl)cc1. The quantitative estimate of drug-likeness (QED) is 0.268. The molecular formula is C32H28ClN5O3. The number of benzene rings is 3. The van der Waals surface area contributed by atoms with Crippen molar-refractivity contribution in [1.29, 1.82) is 5.26 Å². The van der Waals surface area contributed by atoms with Gasteiger partial charge in [0.15, 0.2) is 5.82 Å². The van der Waals surface area contributed by atoms with E-state index in [4.69, 9.17) is 17.3 Å². The molecule has 0 saturated carbocycles. The van der Waals surface area contributed by atoms with Crippen LogP contribution in [0.1, 0.15) is 45.5 Å². The fourth-order valence-electron chi connectivity index (χ4n) is 5.08. The van der Waals surface area contributed by atoms with E-state index in [0.717, 1.165) is 19.3 Å². The molecule has 1 aliphatic rings. The van der Waals surface area contributed by atoms with Gasteiger partial charge >= 0.3 is 0 Å². The average molecular weight is 566 g/mol. The van der Waals surface area contributed by atoms with Crippen LogP contribution in [0.25, 0.3) is 22.4 Å². The van der Waals surface area contributed by atoms with Crippen LogP contribution in [0.4, 0.5) is 5.82 Å². The number of hydrogen-bond donors (Lipinski definition) is 3. The number of rotatable bonds is 6. The maximum atomic E-state index is 13.5. The largest absolute Gasteiger partial charge is 0.507 e. The van der Waals surface area contributed by atoms with Gasteiger partial charge in [0.1, 0.15) is 17.4 Å². The van der Waals surface area contributed by atoms with Crippen molar-refractivity contribution in [3.8, 4) is 34.2 Å². The number of anilines is 1. The molecule has 0 spiro atoms. The van der Waals surface area contributed by atoms with Gasteiger partial charge in [-0.25, -0.2) is 4.98 Å². The Labute approximate surface area is 243 Å². The van der Waals surface area contributed by atoms with E-state index < -0.39 is 5.91 Å². The van der Waals surface area contributed by atoms with Crippen LogP contribution in [-0.2, 0) is 0 Å². The molecule has 0 radical (unpaired) electrons. The lowest BCUT2D eigenvalue weighted by Gasteiger charge is -2.35. The number of phenolic OH excluding ortho intramolecular Hbond substituents is 1. The monoisotopic (exact) mass is 565 g/mol. The Morgan fingerprint density at radius 2 is 1.80 bits per heavy atom. The molecule has 2 heterocycles. The molecule has 8 nitrogen and oxygen atoms in total. The number of phenols is 1. The summed E-state index contributed by atoms with van der Waals surface area (Å²) >= 11 is 5.97. The standard InChI is InChI=1S/C32H28ClN5O3/c33-23-13-11-20(12-14-23)31(40)37-30-27(19-35)26(17-28(36-30)25-9-1-2-10-29(25)39)21-6-5-7-22(16-21)32(41)38-15-4-3-8-24(38)18-34/h1-2,5-7,9-14,16-17,24,39H,3-4,8,15,18,34H2,(H,36,37,40). The summed E-state index contributed by atoms with van der Waals surface area (Å²) in [5.41, 5.74) is 8.70. The van der Waals surface area contributed by atoms with E-state index in [1.807, 2.05) is 4.90 Å². The number of carbonyl (C=O) groups excluding carboxylic acids is 2. The van der Waals surface area contributed by atoms with Gasteiger partial charge in [-0.05, 0) is 79.4 Å². The lowest BCUT2D eigenvalue weighted by Crippen LogP contribution is -2.47. The number of para-hydroxylation sites is 1. The Kier molecular flexibility index (Phi) is 8.29. The van der Waals surface area contributed by atoms with E-state index >= 15 is 0 Å². The van der Waals surface area contributed by atoms with Crippen molar-refractivity contribution < 1.29 is 14.7 Å². The highest BCUT2D eigenvalue weighted by atomic mass is 35.5. The number of aromatic hydroxyl groups is 1. The summed E-state index contributed by atoms with van der Waals surface area (Å²) in [5.74, 6) is -0.577. The number of pyridine rings is 1. The summed E-state index contributed by atoms with van der Waals surface area (Å²) in [4.78, 5) is 33.0. The Balaban J connectivity index is 1.61. The second kappa shape index (κ2) is 12.2. The summed E-state index contributed by atoms with van der Waals surface area (Å²) in [6.07, 6.45) is 2.82. The predicted octanol–water partition coefficient (Wildman–Crippen LogP) is 5.85. The highest BCUT2D eigenvalue weighted by molar-refractivity contribution is 6.30. The second-order valence-corrected chi connectivity index (χ2v) is 10.3. The fraction of sp³-hybridized carbons (Fsp3) is 0.188. The Morgan fingerprint density at radius 1 is 1.02 bits per heavy atom. The molecular weight excluding hydrogens is 538 g/mol. The van der Waals surface area contributed by atoms with Crippen molar-refractivity contribution in [2.75, 3.05) is 18.4 Å². The molecule has 3 aromatic carbocycles. The minimum absolute atomic E-state index is 0.00695. The molecule has 4 aromatic rings. The van der Waals surface area contributed by atoms with Crippen molar-refractivity contribution in [3.63, 3.8) is 0 Å². The number of hydrogen-bond acceptors (Lipinski definition) is 6. The number of amides is 2. The van der Waals surface area contributed by atoms with Crippen LogP contribution in [0.2, 0.25) is 5.02 Å². The number of carbonyl (C=O) groups is 2. The van der Waals surface area contributed by atoms with Gasteiger partial charge in [-0.3, -0.25) is 9.59 Å². The van der Waals surface area contributed by atoms with Crippen molar-refractivity contribution in [3.05, 3.63) is 101 Å². The molecule has 1 saturated heterocycles. The van der Waals surface area contributed by atoms with Gasteiger partial charge in [0.05, 0.1) is 5.69 Å². The van der Waals surface area contributed by atoms with Crippen LogP contribution in [0.15, 0.2) is 78.9 Å². The predicted molar refractivity (Wildman–Crippen MR) is 159 cm³/mol. The van der Waals surface area contributed by atoms with Crippen molar-refractivity contribution in [1.82, 2.24) is 9.88 Å². The number of piperidine rings is 1. The zero-order chi connectivity index (χ0) is 28.9. The normalized spacial score (nSPS) is 14.8. The molecule has 2 amide bonds. The smallest absolute Gasteiger partial charge is 0.256 e. The Bertz CT molecular complexity index is 1650. The van der Waals surface area contributed by atoms with E-state index in [9.17, 15) is 20.0 Å². The molecule has 41 heavy (non-hydrogen) atoms. The lowest BCUT2D eigenvalue weighted by atomic mass is 9.95. The summed E-state index contributed by atoms with van der Waals surface area (Å²) in [5, 5.41) is 24.1. The number of aromatic nitrogens is 1. The average Bonchev–Trinajstić information content (AvgIpc) is 3.01. The van der Waals surface area contributed by atoms with E-state index in [0.29, 0.717) is 51.6 Å². The number of nitrogens with zero attached hydrogens (tertiary/aromatic N) is 3. The third kappa shape index (κ3) is 5.92. The van der Waals surface area contributed by atoms with Gasteiger partial charge in [-0.2, -0.15) is 5.26 Å². The number of nitriles is 1. The van der Waals surface area contributed by atoms with E-state index in [2.05, 4.69) is 16.4 Å². The molecule has 206 valence electrons. The number of nitrogens with one attached hydrogen (secondary N) is 1. The number of halogens is 1. The molecule has 9 heteroatoms. The van der Waals surface area contributed by atoms with Crippen molar-refractivity contribution in [2.45, 2.75) is 25.3 Å². The Hall–Kier alpha value is -4.71. The first-order chi connectivity index (χ1) is 19.9. The fourth-order valence-corrected chi connectivity index (χ4v) is 5.21. The van der Waals surface area contributed by atoms with Crippen LogP contribution in [0.5, 0.6) is 5.75 Å². The van der Waals surface area contributed by atoms with Gasteiger partial charge in [-0.15, -0.1) is 0 Å². The molecule has 0 bridgehead atoms. The first-order valence-electron chi connectivity index (χ1n) is 13.3. The highest BCUT2D eigenvalue weighted by Gasteiger charge is 2.27. The van der Waals surface area contributed by atoms with E-state index in [1.165, 1.54) is 6.07 Å². The molecule has 1 unspecified atom stereocenters. The van der Waals surface area contributed by atoms with Crippen molar-refractivity contribution in [2.24, 2.45) is 5.73 Å². The van der Waals surface area contributed by atoms with Crippen molar-refractivity contribution >= 4 is 29.2 Å². The molecule has 1 aliphatic heterocycles. The molecule has 4 N–H and O–H groups in total. The number of nitrogens with two attached hydrogens (primary N) is 1. The summed E-state index contributed by atoms with van der Waals surface area (Å²) < 4.78 is 0. The first-order valence-corrected chi connectivity index (χ1v) is 13.7. The van der Waals surface area contributed by atoms with E-state index in [-0.39, 0.29) is 29.1 Å². The second-order valence-electron chi connectivity index (χ2n) is 9.83. The summed E-state index contributed by atoms with van der Waals surface area (Å²) in [6.45, 7) is 1.04. The first kappa shape index (κ1) is 27.8. The molecule has 0 aliphatic carbocycles. The topological polar surface area (TPSA) is 132 Å². The van der Waals surface area contributed by atoms with Crippen LogP contribution in [0.3, 0.4) is 0 Å². The summed E-state index contributed by atoms with van der Waals surface area (Å²) in [6, 6.07) is 23.9.